The van der Waals surface area contributed by atoms with Crippen LogP contribution < -0.4 is 5.32 Å². The van der Waals surface area contributed by atoms with Crippen LogP contribution in [0.2, 0.25) is 0 Å². The minimum Gasteiger partial charge on any atom is -0.389 e. The normalized spacial score (nSPS) is 27.2. The van der Waals surface area contributed by atoms with Crippen LogP contribution in [0.25, 0.3) is 0 Å². The maximum Gasteiger partial charge on any atom is 0.391 e. The monoisotopic (exact) mass is 253 g/mol. The van der Waals surface area contributed by atoms with Crippen LogP contribution in [-0.4, -0.2) is 30.0 Å². The Hall–Kier alpha value is -0.290. The molecule has 0 saturated heterocycles. The van der Waals surface area contributed by atoms with Crippen molar-refractivity contribution in [1.82, 2.24) is 5.32 Å². The third kappa shape index (κ3) is 5.73. The average molecular weight is 253 g/mol. The van der Waals surface area contributed by atoms with Gasteiger partial charge in [-0.05, 0) is 52.0 Å². The molecule has 0 aromatic heterocycles. The van der Waals surface area contributed by atoms with Crippen molar-refractivity contribution in [3.63, 3.8) is 0 Å². The number of rotatable bonds is 4. The molecule has 1 aliphatic rings. The van der Waals surface area contributed by atoms with Gasteiger partial charge in [-0.15, -0.1) is 0 Å². The number of aliphatic hydroxyl groups is 1. The largest absolute Gasteiger partial charge is 0.391 e. The SMILES string of the molecule is CC(C)(O)CNCC1CCC(C(F)(F)F)CC1. The fourth-order valence-corrected chi connectivity index (χ4v) is 2.28. The highest BCUT2D eigenvalue weighted by Gasteiger charge is 2.41. The highest BCUT2D eigenvalue weighted by Crippen LogP contribution is 2.39. The number of nitrogens with one attached hydrogen (secondary N) is 1. The molecule has 5 heteroatoms. The lowest BCUT2D eigenvalue weighted by Crippen LogP contribution is -2.38. The molecule has 1 aliphatic carbocycles. The summed E-state index contributed by atoms with van der Waals surface area (Å²) in [6.45, 7) is 4.60. The second kappa shape index (κ2) is 5.57. The van der Waals surface area contributed by atoms with E-state index in [1.807, 2.05) is 0 Å². The Morgan fingerprint density at radius 1 is 1.12 bits per heavy atom. The van der Waals surface area contributed by atoms with Crippen molar-refractivity contribution in [2.24, 2.45) is 11.8 Å². The van der Waals surface area contributed by atoms with Crippen LogP contribution in [0.15, 0.2) is 0 Å². The summed E-state index contributed by atoms with van der Waals surface area (Å²) in [5, 5.41) is 12.6. The molecule has 0 radical (unpaired) electrons. The topological polar surface area (TPSA) is 32.3 Å². The standard InChI is InChI=1S/C12H22F3NO/c1-11(2,17)8-16-7-9-3-5-10(6-4-9)12(13,14)15/h9-10,16-17H,3-8H2,1-2H3. The van der Waals surface area contributed by atoms with Crippen molar-refractivity contribution < 1.29 is 18.3 Å². The fourth-order valence-electron chi connectivity index (χ4n) is 2.28. The number of alkyl halides is 3. The van der Waals surface area contributed by atoms with Gasteiger partial charge in [0.05, 0.1) is 11.5 Å². The highest BCUT2D eigenvalue weighted by atomic mass is 19.4. The Morgan fingerprint density at radius 3 is 2.06 bits per heavy atom. The van der Waals surface area contributed by atoms with Crippen LogP contribution >= 0.6 is 0 Å². The van der Waals surface area contributed by atoms with Gasteiger partial charge in [0, 0.05) is 6.54 Å². The van der Waals surface area contributed by atoms with E-state index in [-0.39, 0.29) is 12.8 Å². The minimum atomic E-state index is -4.02. The Bertz CT molecular complexity index is 224. The molecule has 1 saturated carbocycles. The summed E-state index contributed by atoms with van der Waals surface area (Å²) in [5.41, 5.74) is -0.761. The zero-order chi connectivity index (χ0) is 13.1. The quantitative estimate of drug-likeness (QED) is 0.807. The zero-order valence-electron chi connectivity index (χ0n) is 10.5. The van der Waals surface area contributed by atoms with Gasteiger partial charge in [-0.2, -0.15) is 13.2 Å². The average Bonchev–Trinajstić information content (AvgIpc) is 2.15. The molecule has 2 N–H and O–H groups in total. The van der Waals surface area contributed by atoms with Crippen LogP contribution in [-0.2, 0) is 0 Å². The van der Waals surface area contributed by atoms with Crippen molar-refractivity contribution >= 4 is 0 Å². The molecule has 0 bridgehead atoms. The van der Waals surface area contributed by atoms with E-state index in [4.69, 9.17) is 0 Å². The lowest BCUT2D eigenvalue weighted by molar-refractivity contribution is -0.183. The molecule has 1 rings (SSSR count). The summed E-state index contributed by atoms with van der Waals surface area (Å²) in [6, 6.07) is 0. The summed E-state index contributed by atoms with van der Waals surface area (Å²) in [4.78, 5) is 0. The lowest BCUT2D eigenvalue weighted by atomic mass is 9.81. The van der Waals surface area contributed by atoms with E-state index in [2.05, 4.69) is 5.32 Å². The molecule has 0 aromatic rings. The summed E-state index contributed by atoms with van der Waals surface area (Å²) in [7, 11) is 0. The van der Waals surface area contributed by atoms with E-state index in [0.717, 1.165) is 0 Å². The predicted molar refractivity (Wildman–Crippen MR) is 60.7 cm³/mol. The molecule has 0 spiro atoms. The zero-order valence-corrected chi connectivity index (χ0v) is 10.5. The molecule has 0 atom stereocenters. The first-order chi connectivity index (χ1) is 7.68. The Balaban J connectivity index is 2.20. The molecular formula is C12H22F3NO. The number of hydrogen-bond donors (Lipinski definition) is 2. The maximum atomic E-state index is 12.4. The number of halogens is 3. The molecule has 1 fully saturated rings. The maximum absolute atomic E-state index is 12.4. The summed E-state index contributed by atoms with van der Waals surface area (Å²) in [5.74, 6) is -0.788. The lowest BCUT2D eigenvalue weighted by Gasteiger charge is -2.30. The molecular weight excluding hydrogens is 231 g/mol. The van der Waals surface area contributed by atoms with Gasteiger partial charge >= 0.3 is 6.18 Å². The first kappa shape index (κ1) is 14.8. The van der Waals surface area contributed by atoms with Gasteiger partial charge in [-0.25, -0.2) is 0 Å². The van der Waals surface area contributed by atoms with Crippen molar-refractivity contribution in [3.05, 3.63) is 0 Å². The summed E-state index contributed by atoms with van der Waals surface area (Å²) >= 11 is 0. The van der Waals surface area contributed by atoms with Crippen LogP contribution in [0, 0.1) is 11.8 Å². The highest BCUT2D eigenvalue weighted by molar-refractivity contribution is 4.79. The number of hydrogen-bond acceptors (Lipinski definition) is 2. The van der Waals surface area contributed by atoms with Crippen LogP contribution in [0.3, 0.4) is 0 Å². The molecule has 0 aliphatic heterocycles. The third-order valence-electron chi connectivity index (χ3n) is 3.30. The van der Waals surface area contributed by atoms with E-state index in [1.165, 1.54) is 0 Å². The van der Waals surface area contributed by atoms with E-state index < -0.39 is 17.7 Å². The van der Waals surface area contributed by atoms with E-state index in [0.29, 0.717) is 31.8 Å². The van der Waals surface area contributed by atoms with Gasteiger partial charge in [0.2, 0.25) is 0 Å². The third-order valence-corrected chi connectivity index (χ3v) is 3.30. The van der Waals surface area contributed by atoms with E-state index in [9.17, 15) is 18.3 Å². The van der Waals surface area contributed by atoms with Crippen molar-refractivity contribution in [2.75, 3.05) is 13.1 Å². The smallest absolute Gasteiger partial charge is 0.389 e. The minimum absolute atomic E-state index is 0.248. The Morgan fingerprint density at radius 2 is 1.65 bits per heavy atom. The first-order valence-electron chi connectivity index (χ1n) is 6.18. The van der Waals surface area contributed by atoms with Gasteiger partial charge in [0.1, 0.15) is 0 Å². The second-order valence-electron chi connectivity index (χ2n) is 5.70. The van der Waals surface area contributed by atoms with E-state index in [1.54, 1.807) is 13.8 Å². The Kier molecular flexibility index (Phi) is 4.84. The van der Waals surface area contributed by atoms with E-state index >= 15 is 0 Å². The molecule has 2 nitrogen and oxygen atoms in total. The Labute approximate surface area is 101 Å². The predicted octanol–water partition coefficient (Wildman–Crippen LogP) is 2.72. The first-order valence-corrected chi connectivity index (χ1v) is 6.18. The molecule has 0 unspecified atom stereocenters. The van der Waals surface area contributed by atoms with Gasteiger partial charge in [0.25, 0.3) is 0 Å². The van der Waals surface area contributed by atoms with Gasteiger partial charge in [-0.3, -0.25) is 0 Å². The van der Waals surface area contributed by atoms with Crippen LogP contribution in [0.1, 0.15) is 39.5 Å². The molecule has 17 heavy (non-hydrogen) atoms. The van der Waals surface area contributed by atoms with Crippen LogP contribution in [0.4, 0.5) is 13.2 Å². The van der Waals surface area contributed by atoms with Crippen molar-refractivity contribution in [2.45, 2.75) is 51.3 Å². The summed E-state index contributed by atoms with van der Waals surface area (Å²) < 4.78 is 37.3. The van der Waals surface area contributed by atoms with Crippen molar-refractivity contribution in [3.8, 4) is 0 Å². The van der Waals surface area contributed by atoms with Gasteiger partial charge in [0.15, 0.2) is 0 Å². The second-order valence-corrected chi connectivity index (χ2v) is 5.70. The fraction of sp³-hybridized carbons (Fsp3) is 1.00. The molecule has 0 aromatic carbocycles. The van der Waals surface area contributed by atoms with Gasteiger partial charge < -0.3 is 10.4 Å². The van der Waals surface area contributed by atoms with Gasteiger partial charge in [-0.1, -0.05) is 0 Å². The molecule has 0 heterocycles. The molecule has 0 amide bonds. The van der Waals surface area contributed by atoms with Crippen LogP contribution in [0.5, 0.6) is 0 Å². The summed E-state index contributed by atoms with van der Waals surface area (Å²) in [6.07, 6.45) is -2.27. The van der Waals surface area contributed by atoms with Crippen molar-refractivity contribution in [1.29, 1.82) is 0 Å². The molecule has 102 valence electrons.